The molecule has 0 saturated carbocycles. The van der Waals surface area contributed by atoms with E-state index in [1.165, 1.54) is 48.8 Å². The molecular weight excluding hydrogens is 482 g/mol. The van der Waals surface area contributed by atoms with Crippen LogP contribution in [0.3, 0.4) is 0 Å². The zero-order valence-electron chi connectivity index (χ0n) is 20.1. The predicted octanol–water partition coefficient (Wildman–Crippen LogP) is 8.21. The SMILES string of the molecule is Oc1ccc(F)cc1C=Nc1c(-c2ccccc2)ccc(-c2ccccc2)c1N=Cc1cc(F)ccc1O. The van der Waals surface area contributed by atoms with E-state index in [1.807, 2.05) is 72.8 Å². The minimum absolute atomic E-state index is 0.120. The zero-order chi connectivity index (χ0) is 26.5. The van der Waals surface area contributed by atoms with Crippen LogP contribution in [0.15, 0.2) is 119 Å². The molecule has 6 heteroatoms. The van der Waals surface area contributed by atoms with E-state index < -0.39 is 11.6 Å². The number of aromatic hydroxyl groups is 2. The van der Waals surface area contributed by atoms with Crippen molar-refractivity contribution >= 4 is 23.8 Å². The number of rotatable bonds is 6. The zero-order valence-corrected chi connectivity index (χ0v) is 20.1. The van der Waals surface area contributed by atoms with E-state index in [0.29, 0.717) is 11.4 Å². The Morgan fingerprint density at radius 2 is 0.895 bits per heavy atom. The summed E-state index contributed by atoms with van der Waals surface area (Å²) in [6, 6.07) is 30.2. The van der Waals surface area contributed by atoms with Gasteiger partial charge in [0.1, 0.15) is 23.1 Å². The van der Waals surface area contributed by atoms with Crippen molar-refractivity contribution in [3.8, 4) is 33.8 Å². The minimum Gasteiger partial charge on any atom is -0.507 e. The molecule has 0 fully saturated rings. The molecule has 0 radical (unpaired) electrons. The van der Waals surface area contributed by atoms with Crippen molar-refractivity contribution in [2.24, 2.45) is 9.98 Å². The monoisotopic (exact) mass is 504 g/mol. The number of nitrogens with zero attached hydrogens (tertiary/aromatic N) is 2. The Bertz CT molecular complexity index is 1530. The first-order valence-electron chi connectivity index (χ1n) is 11.8. The van der Waals surface area contributed by atoms with Gasteiger partial charge in [0.25, 0.3) is 0 Å². The molecule has 38 heavy (non-hydrogen) atoms. The van der Waals surface area contributed by atoms with E-state index in [9.17, 15) is 19.0 Å². The van der Waals surface area contributed by atoms with Crippen LogP contribution in [-0.4, -0.2) is 22.6 Å². The molecule has 5 aromatic carbocycles. The van der Waals surface area contributed by atoms with Crippen molar-refractivity contribution in [2.75, 3.05) is 0 Å². The van der Waals surface area contributed by atoms with Gasteiger partial charge in [-0.1, -0.05) is 72.8 Å². The number of halogens is 2. The second-order valence-electron chi connectivity index (χ2n) is 8.51. The van der Waals surface area contributed by atoms with Crippen LogP contribution in [-0.2, 0) is 0 Å². The lowest BCUT2D eigenvalue weighted by Crippen LogP contribution is -1.89. The smallest absolute Gasteiger partial charge is 0.124 e. The van der Waals surface area contributed by atoms with E-state index in [0.717, 1.165) is 22.3 Å². The maximum Gasteiger partial charge on any atom is 0.124 e. The fourth-order valence-corrected chi connectivity index (χ4v) is 4.07. The number of phenols is 2. The fraction of sp³-hybridized carbons (Fsp3) is 0. The van der Waals surface area contributed by atoms with Gasteiger partial charge < -0.3 is 10.2 Å². The Labute approximate surface area is 218 Å². The number of hydrogen-bond donors (Lipinski definition) is 2. The van der Waals surface area contributed by atoms with E-state index in [2.05, 4.69) is 0 Å². The fourth-order valence-electron chi connectivity index (χ4n) is 4.07. The molecule has 0 aliphatic rings. The van der Waals surface area contributed by atoms with Crippen LogP contribution in [0.2, 0.25) is 0 Å². The Balaban J connectivity index is 1.77. The summed E-state index contributed by atoms with van der Waals surface area (Å²) in [5, 5.41) is 20.5. The number of benzene rings is 5. The van der Waals surface area contributed by atoms with Crippen molar-refractivity contribution in [3.05, 3.63) is 132 Å². The summed E-state index contributed by atoms with van der Waals surface area (Å²) >= 11 is 0. The van der Waals surface area contributed by atoms with Crippen LogP contribution in [0.25, 0.3) is 22.3 Å². The van der Waals surface area contributed by atoms with Gasteiger partial charge in [-0.2, -0.15) is 0 Å². The second kappa shape index (κ2) is 10.9. The molecule has 0 spiro atoms. The average molecular weight is 505 g/mol. The van der Waals surface area contributed by atoms with Crippen LogP contribution in [0.1, 0.15) is 11.1 Å². The van der Waals surface area contributed by atoms with Gasteiger partial charge in [0.2, 0.25) is 0 Å². The van der Waals surface area contributed by atoms with Crippen molar-refractivity contribution in [1.82, 2.24) is 0 Å². The van der Waals surface area contributed by atoms with Crippen LogP contribution >= 0.6 is 0 Å². The minimum atomic E-state index is -0.509. The molecule has 5 aromatic rings. The van der Waals surface area contributed by atoms with Gasteiger partial charge in [0, 0.05) is 34.7 Å². The Hall–Kier alpha value is -5.10. The van der Waals surface area contributed by atoms with Gasteiger partial charge in [-0.15, -0.1) is 0 Å². The number of phenolic OH excluding ortho intramolecular Hbond substituents is 2. The number of aliphatic imine (C=N–C) groups is 2. The average Bonchev–Trinajstić information content (AvgIpc) is 2.94. The Morgan fingerprint density at radius 3 is 1.29 bits per heavy atom. The van der Waals surface area contributed by atoms with E-state index in [4.69, 9.17) is 9.98 Å². The second-order valence-corrected chi connectivity index (χ2v) is 8.51. The van der Waals surface area contributed by atoms with Crippen molar-refractivity contribution in [3.63, 3.8) is 0 Å². The predicted molar refractivity (Wildman–Crippen MR) is 148 cm³/mol. The summed E-state index contributed by atoms with van der Waals surface area (Å²) in [6.07, 6.45) is 2.77. The molecule has 2 N–H and O–H groups in total. The first-order valence-corrected chi connectivity index (χ1v) is 11.8. The van der Waals surface area contributed by atoms with Crippen LogP contribution in [0, 0.1) is 11.6 Å². The molecule has 0 aliphatic heterocycles. The summed E-state index contributed by atoms with van der Waals surface area (Å²) in [5.41, 5.74) is 4.53. The highest BCUT2D eigenvalue weighted by atomic mass is 19.1. The summed E-state index contributed by atoms with van der Waals surface area (Å²) in [5.74, 6) is -1.26. The van der Waals surface area contributed by atoms with Crippen molar-refractivity contribution in [1.29, 1.82) is 0 Å². The molecule has 0 saturated heterocycles. The largest absolute Gasteiger partial charge is 0.507 e. The van der Waals surface area contributed by atoms with Gasteiger partial charge in [-0.25, -0.2) is 8.78 Å². The quantitative estimate of drug-likeness (QED) is 0.229. The summed E-state index contributed by atoms with van der Waals surface area (Å²) < 4.78 is 27.8. The lowest BCUT2D eigenvalue weighted by atomic mass is 9.96. The molecular formula is C32H22F2N2O2. The van der Waals surface area contributed by atoms with E-state index >= 15 is 0 Å². The molecule has 0 unspecified atom stereocenters. The highest BCUT2D eigenvalue weighted by Gasteiger charge is 2.16. The lowest BCUT2D eigenvalue weighted by molar-refractivity contribution is 0.472. The molecule has 0 atom stereocenters. The summed E-state index contributed by atoms with van der Waals surface area (Å²) in [4.78, 5) is 9.38. The summed E-state index contributed by atoms with van der Waals surface area (Å²) in [7, 11) is 0. The maximum absolute atomic E-state index is 13.9. The first kappa shape index (κ1) is 24.6. The molecule has 0 aliphatic carbocycles. The molecule has 4 nitrogen and oxygen atoms in total. The third-order valence-corrected chi connectivity index (χ3v) is 5.97. The van der Waals surface area contributed by atoms with Gasteiger partial charge in [0.15, 0.2) is 0 Å². The summed E-state index contributed by atoms with van der Waals surface area (Å²) in [6.45, 7) is 0. The molecule has 0 bridgehead atoms. The normalized spacial score (nSPS) is 11.4. The Kier molecular flexibility index (Phi) is 7.04. The molecule has 186 valence electrons. The van der Waals surface area contributed by atoms with E-state index in [-0.39, 0.29) is 22.6 Å². The number of hydrogen-bond acceptors (Lipinski definition) is 4. The Morgan fingerprint density at radius 1 is 0.500 bits per heavy atom. The van der Waals surface area contributed by atoms with E-state index in [1.54, 1.807) is 0 Å². The van der Waals surface area contributed by atoms with Gasteiger partial charge >= 0.3 is 0 Å². The highest BCUT2D eigenvalue weighted by Crippen LogP contribution is 2.45. The maximum atomic E-state index is 13.9. The lowest BCUT2D eigenvalue weighted by Gasteiger charge is -2.14. The third kappa shape index (κ3) is 5.34. The van der Waals surface area contributed by atoms with Crippen LogP contribution in [0.5, 0.6) is 11.5 Å². The topological polar surface area (TPSA) is 65.2 Å². The van der Waals surface area contributed by atoms with Crippen LogP contribution < -0.4 is 0 Å². The molecule has 0 heterocycles. The highest BCUT2D eigenvalue weighted by molar-refractivity contribution is 5.99. The third-order valence-electron chi connectivity index (χ3n) is 5.97. The molecule has 0 amide bonds. The first-order chi connectivity index (χ1) is 18.5. The van der Waals surface area contributed by atoms with Crippen LogP contribution in [0.4, 0.5) is 20.2 Å². The van der Waals surface area contributed by atoms with Crippen molar-refractivity contribution < 1.29 is 19.0 Å². The van der Waals surface area contributed by atoms with Gasteiger partial charge in [-0.05, 0) is 47.5 Å². The van der Waals surface area contributed by atoms with Gasteiger partial charge in [0.05, 0.1) is 11.4 Å². The standard InChI is InChI=1S/C32H22F2N2O2/c33-25-11-15-29(37)23(17-25)19-35-31-27(21-7-3-1-4-8-21)13-14-28(22-9-5-2-6-10-22)32(31)36-20-24-18-26(34)12-16-30(24)38/h1-20,37-38H. The van der Waals surface area contributed by atoms with Crippen molar-refractivity contribution in [2.45, 2.75) is 0 Å². The molecule has 0 aromatic heterocycles. The molecule has 5 rings (SSSR count). The van der Waals surface area contributed by atoms with Gasteiger partial charge in [-0.3, -0.25) is 9.98 Å².